The highest BCUT2D eigenvalue weighted by atomic mass is 35.5. The minimum atomic E-state index is -0.714. The average Bonchev–Trinajstić information content (AvgIpc) is 3.03. The maximum absolute atomic E-state index is 14.7. The normalized spacial score (nSPS) is 11.2. The summed E-state index contributed by atoms with van der Waals surface area (Å²) in [6, 6.07) is 15.0. The molecule has 7 heteroatoms. The van der Waals surface area contributed by atoms with Crippen LogP contribution in [0.4, 0.5) is 20.3 Å². The topological polar surface area (TPSA) is 29.3 Å². The number of rotatable bonds is 4. The molecule has 0 spiro atoms. The van der Waals surface area contributed by atoms with Gasteiger partial charge in [0.1, 0.15) is 29.7 Å². The fourth-order valence-corrected chi connectivity index (χ4v) is 3.71. The smallest absolute Gasteiger partial charge is 0.143 e. The van der Waals surface area contributed by atoms with E-state index in [-0.39, 0.29) is 16.3 Å². The van der Waals surface area contributed by atoms with E-state index in [1.165, 1.54) is 12.1 Å². The van der Waals surface area contributed by atoms with Crippen LogP contribution in [0.5, 0.6) is 0 Å². The van der Waals surface area contributed by atoms with Crippen LogP contribution in [-0.4, -0.2) is 9.38 Å². The molecule has 0 radical (unpaired) electrons. The quantitative estimate of drug-likeness (QED) is 0.388. The molecule has 0 aliphatic carbocycles. The number of nitrogens with zero attached hydrogens (tertiary/aromatic N) is 2. The number of halogens is 4. The molecular weight excluding hydrogens is 403 g/mol. The van der Waals surface area contributed by atoms with Gasteiger partial charge in [0.05, 0.1) is 27.0 Å². The Kier molecular flexibility index (Phi) is 4.96. The molecule has 28 heavy (non-hydrogen) atoms. The van der Waals surface area contributed by atoms with Crippen LogP contribution < -0.4 is 5.32 Å². The van der Waals surface area contributed by atoms with Gasteiger partial charge in [0.25, 0.3) is 0 Å². The minimum Gasteiger partial charge on any atom is -0.338 e. The molecule has 4 aromatic rings. The summed E-state index contributed by atoms with van der Waals surface area (Å²) in [5.41, 5.74) is 2.78. The van der Waals surface area contributed by atoms with E-state index >= 15 is 0 Å². The van der Waals surface area contributed by atoms with E-state index in [9.17, 15) is 8.78 Å². The van der Waals surface area contributed by atoms with Crippen LogP contribution >= 0.6 is 23.2 Å². The Labute approximate surface area is 170 Å². The Hall–Kier alpha value is -2.63. The third kappa shape index (κ3) is 3.11. The molecule has 0 saturated carbocycles. The summed E-state index contributed by atoms with van der Waals surface area (Å²) >= 11 is 12.7. The van der Waals surface area contributed by atoms with Crippen LogP contribution in [0.15, 0.2) is 54.6 Å². The van der Waals surface area contributed by atoms with Crippen molar-refractivity contribution in [3.63, 3.8) is 0 Å². The van der Waals surface area contributed by atoms with Crippen molar-refractivity contribution in [2.24, 2.45) is 0 Å². The SMILES string of the molecule is Cc1cccc(Cl)c1Nc1c(-c2c(F)cccc2Cl)nc2cccc(CF)n12. The van der Waals surface area contributed by atoms with Crippen LogP contribution in [0.1, 0.15) is 11.3 Å². The number of para-hydroxylation sites is 1. The standard InChI is InChI=1S/C21H15Cl2F2N3/c1-12-5-2-8-15(23)19(12)27-21-20(18-14(22)7-4-9-16(18)25)26-17-10-3-6-13(11-24)28(17)21/h2-10,27H,11H2,1H3. The number of pyridine rings is 1. The molecule has 0 aliphatic rings. The van der Waals surface area contributed by atoms with Gasteiger partial charge in [-0.3, -0.25) is 4.40 Å². The van der Waals surface area contributed by atoms with E-state index in [0.29, 0.717) is 27.9 Å². The van der Waals surface area contributed by atoms with E-state index in [0.717, 1.165) is 5.56 Å². The number of anilines is 2. The number of hydrogen-bond donors (Lipinski definition) is 1. The number of aromatic nitrogens is 2. The van der Waals surface area contributed by atoms with Gasteiger partial charge >= 0.3 is 0 Å². The fraction of sp³-hybridized carbons (Fsp3) is 0.0952. The van der Waals surface area contributed by atoms with Gasteiger partial charge in [0.15, 0.2) is 0 Å². The summed E-state index contributed by atoms with van der Waals surface area (Å²) in [6.07, 6.45) is 0. The van der Waals surface area contributed by atoms with E-state index in [4.69, 9.17) is 23.2 Å². The van der Waals surface area contributed by atoms with E-state index < -0.39 is 12.5 Å². The van der Waals surface area contributed by atoms with Crippen LogP contribution in [0.25, 0.3) is 16.9 Å². The summed E-state index contributed by atoms with van der Waals surface area (Å²) in [4.78, 5) is 4.53. The molecule has 4 rings (SSSR count). The van der Waals surface area contributed by atoms with Gasteiger partial charge in [-0.2, -0.15) is 0 Å². The van der Waals surface area contributed by atoms with Crippen molar-refractivity contribution < 1.29 is 8.78 Å². The lowest BCUT2D eigenvalue weighted by Gasteiger charge is -2.15. The van der Waals surface area contributed by atoms with Crippen molar-refractivity contribution in [3.8, 4) is 11.3 Å². The predicted octanol–water partition coefficient (Wildman–Crippen LogP) is 6.97. The lowest BCUT2D eigenvalue weighted by molar-refractivity contribution is 0.473. The van der Waals surface area contributed by atoms with Crippen molar-refractivity contribution in [1.82, 2.24) is 9.38 Å². The van der Waals surface area contributed by atoms with Gasteiger partial charge in [-0.05, 0) is 42.8 Å². The molecule has 0 saturated heterocycles. The Morgan fingerprint density at radius 3 is 2.43 bits per heavy atom. The third-order valence-electron chi connectivity index (χ3n) is 4.53. The zero-order valence-electron chi connectivity index (χ0n) is 14.8. The summed E-state index contributed by atoms with van der Waals surface area (Å²) in [5.74, 6) is -0.122. The summed E-state index contributed by atoms with van der Waals surface area (Å²) < 4.78 is 30.0. The number of aryl methyl sites for hydroxylation is 1. The number of alkyl halides is 1. The van der Waals surface area contributed by atoms with Gasteiger partial charge in [-0.25, -0.2) is 13.8 Å². The van der Waals surface area contributed by atoms with Crippen LogP contribution in [0.3, 0.4) is 0 Å². The molecule has 2 aromatic carbocycles. The molecular formula is C21H15Cl2F2N3. The summed E-state index contributed by atoms with van der Waals surface area (Å²) in [6.45, 7) is 1.18. The molecule has 2 heterocycles. The van der Waals surface area contributed by atoms with Crippen LogP contribution in [-0.2, 0) is 6.67 Å². The molecule has 0 fully saturated rings. The molecule has 1 N–H and O–H groups in total. The van der Waals surface area contributed by atoms with E-state index in [2.05, 4.69) is 10.3 Å². The van der Waals surface area contributed by atoms with Crippen LogP contribution in [0, 0.1) is 12.7 Å². The molecule has 3 nitrogen and oxygen atoms in total. The van der Waals surface area contributed by atoms with E-state index in [1.54, 1.807) is 34.7 Å². The average molecular weight is 418 g/mol. The molecule has 0 unspecified atom stereocenters. The van der Waals surface area contributed by atoms with Crippen molar-refractivity contribution in [2.75, 3.05) is 5.32 Å². The third-order valence-corrected chi connectivity index (χ3v) is 5.16. The van der Waals surface area contributed by atoms with Crippen molar-refractivity contribution in [3.05, 3.63) is 81.7 Å². The monoisotopic (exact) mass is 417 g/mol. The van der Waals surface area contributed by atoms with Gasteiger partial charge in [0, 0.05) is 0 Å². The summed E-state index contributed by atoms with van der Waals surface area (Å²) in [5, 5.41) is 3.93. The lowest BCUT2D eigenvalue weighted by Crippen LogP contribution is -2.03. The van der Waals surface area contributed by atoms with Crippen molar-refractivity contribution in [1.29, 1.82) is 0 Å². The molecule has 2 aromatic heterocycles. The second-order valence-corrected chi connectivity index (χ2v) is 7.12. The number of imidazole rings is 1. The highest BCUT2D eigenvalue weighted by Gasteiger charge is 2.22. The lowest BCUT2D eigenvalue weighted by atomic mass is 10.1. The Morgan fingerprint density at radius 1 is 1.00 bits per heavy atom. The highest BCUT2D eigenvalue weighted by Crippen LogP contribution is 2.39. The molecule has 0 amide bonds. The van der Waals surface area contributed by atoms with Crippen molar-refractivity contribution >= 4 is 40.4 Å². The maximum atomic E-state index is 14.7. The Morgan fingerprint density at radius 2 is 1.71 bits per heavy atom. The molecule has 0 aliphatic heterocycles. The first-order valence-corrected chi connectivity index (χ1v) is 9.29. The first-order chi connectivity index (χ1) is 13.5. The maximum Gasteiger partial charge on any atom is 0.143 e. The largest absolute Gasteiger partial charge is 0.338 e. The molecule has 0 atom stereocenters. The number of hydrogen-bond acceptors (Lipinski definition) is 2. The minimum absolute atomic E-state index is 0.143. The second-order valence-electron chi connectivity index (χ2n) is 6.31. The number of nitrogens with one attached hydrogen (secondary N) is 1. The van der Waals surface area contributed by atoms with Gasteiger partial charge in [0.2, 0.25) is 0 Å². The Balaban J connectivity index is 2.05. The fourth-order valence-electron chi connectivity index (χ4n) is 3.19. The van der Waals surface area contributed by atoms with Crippen molar-refractivity contribution in [2.45, 2.75) is 13.6 Å². The first kappa shape index (κ1) is 18.7. The van der Waals surface area contributed by atoms with Gasteiger partial charge in [-0.1, -0.05) is 47.5 Å². The zero-order valence-corrected chi connectivity index (χ0v) is 16.3. The summed E-state index contributed by atoms with van der Waals surface area (Å²) in [7, 11) is 0. The van der Waals surface area contributed by atoms with Gasteiger partial charge in [-0.15, -0.1) is 0 Å². The second kappa shape index (κ2) is 7.41. The van der Waals surface area contributed by atoms with Gasteiger partial charge < -0.3 is 5.32 Å². The molecule has 142 valence electrons. The van der Waals surface area contributed by atoms with E-state index in [1.807, 2.05) is 19.1 Å². The Bertz CT molecular complexity index is 1150. The first-order valence-electron chi connectivity index (χ1n) is 8.54. The predicted molar refractivity (Wildman–Crippen MR) is 110 cm³/mol. The van der Waals surface area contributed by atoms with Crippen LogP contribution in [0.2, 0.25) is 10.0 Å². The highest BCUT2D eigenvalue weighted by molar-refractivity contribution is 6.34. The zero-order chi connectivity index (χ0) is 19.8. The number of fused-ring (bicyclic) bond motifs is 1. The molecule has 0 bridgehead atoms. The number of benzene rings is 2.